The predicted molar refractivity (Wildman–Crippen MR) is 122 cm³/mol. The Kier molecular flexibility index (Phi) is 5.62. The summed E-state index contributed by atoms with van der Waals surface area (Å²) in [6.07, 6.45) is 4.32. The van der Waals surface area contributed by atoms with E-state index in [9.17, 15) is 19.1 Å². The highest BCUT2D eigenvalue weighted by Crippen LogP contribution is 2.39. The molecule has 0 bridgehead atoms. The molecule has 3 aromatic rings. The van der Waals surface area contributed by atoms with E-state index in [-0.39, 0.29) is 28.7 Å². The van der Waals surface area contributed by atoms with E-state index in [0.717, 1.165) is 32.1 Å². The van der Waals surface area contributed by atoms with E-state index >= 15 is 0 Å². The topological polar surface area (TPSA) is 93.5 Å². The SMILES string of the molecule is C[C@@H](Nc1ccccc1C(=O)O)c1cc(F)cc2c(=O)n(C3CC3)c([C@@H]3CCCCO3)nc12. The third kappa shape index (κ3) is 4.11. The quantitative estimate of drug-likeness (QED) is 0.549. The maximum Gasteiger partial charge on any atom is 0.337 e. The van der Waals surface area contributed by atoms with E-state index in [0.29, 0.717) is 29.2 Å². The van der Waals surface area contributed by atoms with Gasteiger partial charge in [-0.2, -0.15) is 0 Å². The summed E-state index contributed by atoms with van der Waals surface area (Å²) in [5.41, 5.74) is 1.21. The van der Waals surface area contributed by atoms with E-state index < -0.39 is 17.8 Å². The molecule has 2 aliphatic rings. The lowest BCUT2D eigenvalue weighted by atomic mass is 10.0. The second kappa shape index (κ2) is 8.59. The van der Waals surface area contributed by atoms with Crippen LogP contribution in [0, 0.1) is 5.82 Å². The van der Waals surface area contributed by atoms with E-state index in [1.54, 1.807) is 29.7 Å². The fraction of sp³-hybridized carbons (Fsp3) is 0.400. The van der Waals surface area contributed by atoms with Crippen LogP contribution in [0.1, 0.15) is 79.0 Å². The lowest BCUT2D eigenvalue weighted by molar-refractivity contribution is 0.00660. The van der Waals surface area contributed by atoms with Crippen molar-refractivity contribution in [1.82, 2.24) is 9.55 Å². The second-order valence-electron chi connectivity index (χ2n) is 8.84. The molecule has 1 aromatic heterocycles. The van der Waals surface area contributed by atoms with Crippen LogP contribution in [0.4, 0.5) is 10.1 Å². The van der Waals surface area contributed by atoms with Crippen molar-refractivity contribution in [2.45, 2.75) is 57.2 Å². The number of benzene rings is 2. The minimum absolute atomic E-state index is 0.0830. The van der Waals surface area contributed by atoms with Crippen LogP contribution >= 0.6 is 0 Å². The van der Waals surface area contributed by atoms with E-state index in [4.69, 9.17) is 9.72 Å². The van der Waals surface area contributed by atoms with Crippen molar-refractivity contribution in [2.24, 2.45) is 0 Å². The van der Waals surface area contributed by atoms with Crippen molar-refractivity contribution in [2.75, 3.05) is 11.9 Å². The average molecular weight is 451 g/mol. The zero-order chi connectivity index (χ0) is 23.1. The molecule has 2 heterocycles. The minimum atomic E-state index is -1.06. The standard InChI is InChI=1S/C25H26FN3O4/c1-14(27-20-7-3-2-6-17(20)25(31)32)18-12-15(26)13-19-22(18)28-23(21-8-4-5-11-33-21)29(24(19)30)16-9-10-16/h2-3,6-7,12-14,16,21,27H,4-5,8-11H2,1H3,(H,31,32)/t14-,21+/m1/s1. The smallest absolute Gasteiger partial charge is 0.337 e. The van der Waals surface area contributed by atoms with E-state index in [1.165, 1.54) is 18.2 Å². The Morgan fingerprint density at radius 2 is 2.03 bits per heavy atom. The molecule has 0 spiro atoms. The van der Waals surface area contributed by atoms with Gasteiger partial charge >= 0.3 is 5.97 Å². The number of aromatic carboxylic acids is 1. The molecular formula is C25H26FN3O4. The van der Waals surface area contributed by atoms with E-state index in [2.05, 4.69) is 5.32 Å². The number of carbonyl (C=O) groups is 1. The number of hydrogen-bond donors (Lipinski definition) is 2. The summed E-state index contributed by atoms with van der Waals surface area (Å²) >= 11 is 0. The Hall–Kier alpha value is -3.26. The number of ether oxygens (including phenoxy) is 1. The zero-order valence-corrected chi connectivity index (χ0v) is 18.4. The number of halogens is 1. The fourth-order valence-electron chi connectivity index (χ4n) is 4.60. The van der Waals surface area contributed by atoms with Crippen molar-refractivity contribution in [1.29, 1.82) is 0 Å². The lowest BCUT2D eigenvalue weighted by Crippen LogP contribution is -2.29. The molecule has 1 aliphatic carbocycles. The minimum Gasteiger partial charge on any atom is -0.478 e. The Balaban J connectivity index is 1.64. The Morgan fingerprint density at radius 3 is 2.73 bits per heavy atom. The summed E-state index contributed by atoms with van der Waals surface area (Å²) in [4.78, 5) is 30.0. The summed E-state index contributed by atoms with van der Waals surface area (Å²) in [7, 11) is 0. The number of aromatic nitrogens is 2. The number of carboxylic acid groups (broad SMARTS) is 1. The number of fused-ring (bicyclic) bond motifs is 1. The van der Waals surface area contributed by atoms with Gasteiger partial charge in [0.25, 0.3) is 5.56 Å². The number of hydrogen-bond acceptors (Lipinski definition) is 5. The van der Waals surface area contributed by atoms with Gasteiger partial charge in [-0.15, -0.1) is 0 Å². The highest BCUT2D eigenvalue weighted by molar-refractivity contribution is 5.94. The molecule has 1 aliphatic heterocycles. The van der Waals surface area contributed by atoms with Crippen LogP contribution in [-0.2, 0) is 4.74 Å². The lowest BCUT2D eigenvalue weighted by Gasteiger charge is -2.26. The number of para-hydroxylation sites is 1. The Labute approximate surface area is 190 Å². The summed E-state index contributed by atoms with van der Waals surface area (Å²) in [6.45, 7) is 2.43. The van der Waals surface area contributed by atoms with Crippen LogP contribution in [0.3, 0.4) is 0 Å². The van der Waals surface area contributed by atoms with Gasteiger partial charge < -0.3 is 15.2 Å². The van der Waals surface area contributed by atoms with Crippen molar-refractivity contribution >= 4 is 22.6 Å². The van der Waals surface area contributed by atoms with Gasteiger partial charge in [0.05, 0.1) is 22.5 Å². The van der Waals surface area contributed by atoms with Crippen molar-refractivity contribution in [3.8, 4) is 0 Å². The molecule has 5 rings (SSSR count). The third-order valence-corrected chi connectivity index (χ3v) is 6.40. The van der Waals surface area contributed by atoms with Crippen LogP contribution in [0.25, 0.3) is 10.9 Å². The maximum atomic E-state index is 14.7. The molecule has 33 heavy (non-hydrogen) atoms. The molecule has 2 aromatic carbocycles. The second-order valence-corrected chi connectivity index (χ2v) is 8.84. The number of carboxylic acids is 1. The fourth-order valence-corrected chi connectivity index (χ4v) is 4.60. The van der Waals surface area contributed by atoms with Crippen LogP contribution in [-0.4, -0.2) is 27.2 Å². The van der Waals surface area contributed by atoms with Crippen molar-refractivity contribution < 1.29 is 19.0 Å². The summed E-state index contributed by atoms with van der Waals surface area (Å²) < 4.78 is 22.3. The summed E-state index contributed by atoms with van der Waals surface area (Å²) in [6, 6.07) is 8.75. The van der Waals surface area contributed by atoms with Gasteiger partial charge in [-0.05, 0) is 63.3 Å². The number of nitrogens with zero attached hydrogens (tertiary/aromatic N) is 2. The molecule has 0 unspecified atom stereocenters. The van der Waals surface area contributed by atoms with E-state index in [1.807, 2.05) is 0 Å². The first-order valence-electron chi connectivity index (χ1n) is 11.4. The molecule has 2 N–H and O–H groups in total. The van der Waals surface area contributed by atoms with Gasteiger partial charge in [0.1, 0.15) is 17.7 Å². The molecule has 8 heteroatoms. The number of nitrogens with one attached hydrogen (secondary N) is 1. The highest BCUT2D eigenvalue weighted by atomic mass is 19.1. The average Bonchev–Trinajstić information content (AvgIpc) is 3.65. The van der Waals surface area contributed by atoms with Crippen molar-refractivity contribution in [3.63, 3.8) is 0 Å². The molecule has 2 atom stereocenters. The first-order chi connectivity index (χ1) is 15.9. The first-order valence-corrected chi connectivity index (χ1v) is 11.4. The van der Waals surface area contributed by atoms with Gasteiger partial charge in [0.2, 0.25) is 0 Å². The molecule has 0 amide bonds. The van der Waals surface area contributed by atoms with Crippen LogP contribution < -0.4 is 10.9 Å². The molecular weight excluding hydrogens is 425 g/mol. The molecule has 172 valence electrons. The van der Waals surface area contributed by atoms with Gasteiger partial charge in [-0.3, -0.25) is 9.36 Å². The molecule has 0 radical (unpaired) electrons. The molecule has 7 nitrogen and oxygen atoms in total. The van der Waals surface area contributed by atoms with Crippen LogP contribution in [0.5, 0.6) is 0 Å². The normalized spacial score (nSPS) is 19.4. The third-order valence-electron chi connectivity index (χ3n) is 6.40. The van der Waals surface area contributed by atoms with Crippen LogP contribution in [0.15, 0.2) is 41.2 Å². The molecule has 1 saturated heterocycles. The maximum absolute atomic E-state index is 14.7. The van der Waals surface area contributed by atoms with Crippen molar-refractivity contribution in [3.05, 3.63) is 69.5 Å². The summed E-state index contributed by atoms with van der Waals surface area (Å²) in [5.74, 6) is -0.974. The molecule has 2 fully saturated rings. The van der Waals surface area contributed by atoms with Gasteiger partial charge in [0.15, 0.2) is 0 Å². The Morgan fingerprint density at radius 1 is 1.24 bits per heavy atom. The Bertz CT molecular complexity index is 1280. The molecule has 1 saturated carbocycles. The highest BCUT2D eigenvalue weighted by Gasteiger charge is 2.33. The number of rotatable bonds is 6. The van der Waals surface area contributed by atoms with Crippen LogP contribution in [0.2, 0.25) is 0 Å². The number of anilines is 1. The largest absolute Gasteiger partial charge is 0.478 e. The first kappa shape index (κ1) is 21.6. The zero-order valence-electron chi connectivity index (χ0n) is 18.4. The van der Waals surface area contributed by atoms with Gasteiger partial charge in [-0.25, -0.2) is 14.2 Å². The van der Waals surface area contributed by atoms with Gasteiger partial charge in [-0.1, -0.05) is 12.1 Å². The summed E-state index contributed by atoms with van der Waals surface area (Å²) in [5, 5.41) is 12.9. The predicted octanol–water partition coefficient (Wildman–Crippen LogP) is 4.98. The monoisotopic (exact) mass is 451 g/mol. The van der Waals surface area contributed by atoms with Gasteiger partial charge in [0, 0.05) is 23.9 Å².